The quantitative estimate of drug-likeness (QED) is 0.816. The number of morpholine rings is 1. The standard InChI is InChI=1S/C13H15ClF3NO3S/c1-8-6-18(7-9(2)21-8)22(19,20)12-4-3-10(14)5-11(12)13(15,16)17/h3-5,8-9H,6-7H2,1-2H3/t8-,9+. The number of rotatable bonds is 2. The van der Waals surface area contributed by atoms with Gasteiger partial charge in [0.1, 0.15) is 0 Å². The van der Waals surface area contributed by atoms with Crippen molar-refractivity contribution in [3.63, 3.8) is 0 Å². The summed E-state index contributed by atoms with van der Waals surface area (Å²) >= 11 is 5.58. The number of nitrogens with zero attached hydrogens (tertiary/aromatic N) is 1. The Balaban J connectivity index is 2.50. The summed E-state index contributed by atoms with van der Waals surface area (Å²) in [7, 11) is -4.28. The van der Waals surface area contributed by atoms with E-state index in [1.54, 1.807) is 13.8 Å². The lowest BCUT2D eigenvalue weighted by Crippen LogP contribution is -2.48. The monoisotopic (exact) mass is 357 g/mol. The molecule has 0 spiro atoms. The molecule has 1 aliphatic heterocycles. The number of ether oxygens (including phenoxy) is 1. The summed E-state index contributed by atoms with van der Waals surface area (Å²) in [6, 6.07) is 2.66. The molecule has 0 amide bonds. The maximum atomic E-state index is 13.1. The van der Waals surface area contributed by atoms with E-state index in [0.717, 1.165) is 16.4 Å². The minimum atomic E-state index is -4.81. The van der Waals surface area contributed by atoms with Gasteiger partial charge in [-0.3, -0.25) is 0 Å². The zero-order valence-corrected chi connectivity index (χ0v) is 13.5. The van der Waals surface area contributed by atoms with Gasteiger partial charge in [0.25, 0.3) is 0 Å². The van der Waals surface area contributed by atoms with Gasteiger partial charge in [0, 0.05) is 18.1 Å². The molecular weight excluding hydrogens is 343 g/mol. The number of benzene rings is 1. The van der Waals surface area contributed by atoms with Crippen molar-refractivity contribution in [1.29, 1.82) is 0 Å². The minimum absolute atomic E-state index is 0.00654. The molecule has 0 unspecified atom stereocenters. The lowest BCUT2D eigenvalue weighted by atomic mass is 10.2. The Morgan fingerprint density at radius 1 is 1.23 bits per heavy atom. The second kappa shape index (κ2) is 5.99. The van der Waals surface area contributed by atoms with Crippen LogP contribution < -0.4 is 0 Å². The fourth-order valence-electron chi connectivity index (χ4n) is 2.41. The summed E-state index contributed by atoms with van der Waals surface area (Å²) in [4.78, 5) is -0.786. The summed E-state index contributed by atoms with van der Waals surface area (Å²) in [5, 5.41) is -0.171. The fourth-order valence-corrected chi connectivity index (χ4v) is 4.37. The third-order valence-electron chi connectivity index (χ3n) is 3.25. The molecule has 0 bridgehead atoms. The highest BCUT2D eigenvalue weighted by atomic mass is 35.5. The van der Waals surface area contributed by atoms with Crippen molar-refractivity contribution in [3.8, 4) is 0 Å². The largest absolute Gasteiger partial charge is 0.417 e. The molecular formula is C13H15ClF3NO3S. The van der Waals surface area contributed by atoms with Crippen molar-refractivity contribution >= 4 is 21.6 Å². The van der Waals surface area contributed by atoms with E-state index in [9.17, 15) is 21.6 Å². The van der Waals surface area contributed by atoms with E-state index in [4.69, 9.17) is 16.3 Å². The van der Waals surface area contributed by atoms with E-state index in [0.29, 0.717) is 6.07 Å². The molecule has 1 saturated heterocycles. The lowest BCUT2D eigenvalue weighted by Gasteiger charge is -2.34. The highest BCUT2D eigenvalue weighted by molar-refractivity contribution is 7.89. The van der Waals surface area contributed by atoms with E-state index >= 15 is 0 Å². The molecule has 0 radical (unpaired) electrons. The van der Waals surface area contributed by atoms with Gasteiger partial charge >= 0.3 is 6.18 Å². The molecule has 9 heteroatoms. The first kappa shape index (κ1) is 17.5. The van der Waals surface area contributed by atoms with Crippen LogP contribution in [-0.2, 0) is 20.9 Å². The zero-order valence-electron chi connectivity index (χ0n) is 11.9. The number of hydrogen-bond donors (Lipinski definition) is 0. The summed E-state index contributed by atoms with van der Waals surface area (Å²) in [6.07, 6.45) is -5.59. The van der Waals surface area contributed by atoms with E-state index in [1.165, 1.54) is 0 Å². The fraction of sp³-hybridized carbons (Fsp3) is 0.538. The second-order valence-corrected chi connectivity index (χ2v) is 7.56. The molecule has 1 fully saturated rings. The van der Waals surface area contributed by atoms with Crippen LogP contribution in [0.15, 0.2) is 23.1 Å². The average molecular weight is 358 g/mol. The number of halogens is 4. The van der Waals surface area contributed by atoms with E-state index in [2.05, 4.69) is 0 Å². The summed E-state index contributed by atoms with van der Waals surface area (Å²) < 4.78 is 70.9. The van der Waals surface area contributed by atoms with Gasteiger partial charge in [-0.05, 0) is 32.0 Å². The summed E-state index contributed by atoms with van der Waals surface area (Å²) in [6.45, 7) is 3.36. The molecule has 1 heterocycles. The van der Waals surface area contributed by atoms with Crippen LogP contribution in [0.1, 0.15) is 19.4 Å². The Kier molecular flexibility index (Phi) is 4.77. The second-order valence-electron chi connectivity index (χ2n) is 5.22. The molecule has 0 N–H and O–H groups in total. The van der Waals surface area contributed by atoms with Crippen LogP contribution in [0, 0.1) is 0 Å². The Morgan fingerprint density at radius 2 is 1.77 bits per heavy atom. The molecule has 4 nitrogen and oxygen atoms in total. The van der Waals surface area contributed by atoms with Crippen LogP contribution in [-0.4, -0.2) is 38.0 Å². The minimum Gasteiger partial charge on any atom is -0.373 e. The van der Waals surface area contributed by atoms with Crippen LogP contribution >= 0.6 is 11.6 Å². The Hall–Kier alpha value is -0.830. The van der Waals surface area contributed by atoms with Gasteiger partial charge < -0.3 is 4.74 Å². The van der Waals surface area contributed by atoms with Gasteiger partial charge in [0.15, 0.2) is 0 Å². The van der Waals surface area contributed by atoms with Gasteiger partial charge in [0.05, 0.1) is 22.7 Å². The first-order valence-corrected chi connectivity index (χ1v) is 8.36. The first-order chi connectivity index (χ1) is 10.0. The van der Waals surface area contributed by atoms with Gasteiger partial charge in [-0.2, -0.15) is 17.5 Å². The zero-order chi connectivity index (χ0) is 16.7. The summed E-state index contributed by atoms with van der Waals surface area (Å²) in [5.41, 5.74) is -1.26. The number of sulfonamides is 1. The molecule has 1 aromatic carbocycles. The van der Waals surface area contributed by atoms with Crippen molar-refractivity contribution in [1.82, 2.24) is 4.31 Å². The molecule has 1 aromatic rings. The normalized spacial score (nSPS) is 24.5. The molecule has 1 aliphatic rings. The Morgan fingerprint density at radius 3 is 2.27 bits per heavy atom. The van der Waals surface area contributed by atoms with Crippen LogP contribution in [0.3, 0.4) is 0 Å². The van der Waals surface area contributed by atoms with E-state index < -0.39 is 26.7 Å². The van der Waals surface area contributed by atoms with Crippen LogP contribution in [0.25, 0.3) is 0 Å². The molecule has 2 atom stereocenters. The van der Waals surface area contributed by atoms with Crippen molar-refractivity contribution in [2.45, 2.75) is 37.1 Å². The molecule has 0 saturated carbocycles. The van der Waals surface area contributed by atoms with Crippen LogP contribution in [0.2, 0.25) is 5.02 Å². The number of hydrogen-bond acceptors (Lipinski definition) is 3. The SMILES string of the molecule is C[C@@H]1CN(S(=O)(=O)c2ccc(Cl)cc2C(F)(F)F)C[C@H](C)O1. The third kappa shape index (κ3) is 3.56. The molecule has 124 valence electrons. The van der Waals surface area contributed by atoms with Gasteiger partial charge in [0.2, 0.25) is 10.0 Å². The van der Waals surface area contributed by atoms with E-state index in [1.807, 2.05) is 0 Å². The average Bonchev–Trinajstić information content (AvgIpc) is 2.36. The number of alkyl halides is 3. The predicted molar refractivity (Wildman–Crippen MR) is 75.2 cm³/mol. The topological polar surface area (TPSA) is 46.6 Å². The maximum absolute atomic E-state index is 13.1. The van der Waals surface area contributed by atoms with Crippen molar-refractivity contribution in [2.24, 2.45) is 0 Å². The summed E-state index contributed by atoms with van der Waals surface area (Å²) in [5.74, 6) is 0. The van der Waals surface area contributed by atoms with Crippen LogP contribution in [0.5, 0.6) is 0 Å². The van der Waals surface area contributed by atoms with Crippen LogP contribution in [0.4, 0.5) is 13.2 Å². The molecule has 22 heavy (non-hydrogen) atoms. The molecule has 0 aliphatic carbocycles. The Labute approximate surface area is 131 Å². The van der Waals surface area contributed by atoms with Crippen molar-refractivity contribution in [2.75, 3.05) is 13.1 Å². The highest BCUT2D eigenvalue weighted by Crippen LogP contribution is 2.37. The third-order valence-corrected chi connectivity index (χ3v) is 5.38. The van der Waals surface area contributed by atoms with Gasteiger partial charge in [-0.25, -0.2) is 8.42 Å². The maximum Gasteiger partial charge on any atom is 0.417 e. The van der Waals surface area contributed by atoms with Crippen molar-refractivity contribution in [3.05, 3.63) is 28.8 Å². The molecule has 0 aromatic heterocycles. The lowest BCUT2D eigenvalue weighted by molar-refractivity contribution is -0.139. The molecule has 2 rings (SSSR count). The van der Waals surface area contributed by atoms with E-state index in [-0.39, 0.29) is 30.3 Å². The van der Waals surface area contributed by atoms with Crippen molar-refractivity contribution < 1.29 is 26.3 Å². The van der Waals surface area contributed by atoms with Gasteiger partial charge in [-0.1, -0.05) is 11.6 Å². The predicted octanol–water partition coefficient (Wildman–Crippen LogP) is 3.16. The van der Waals surface area contributed by atoms with Gasteiger partial charge in [-0.15, -0.1) is 0 Å². The smallest absolute Gasteiger partial charge is 0.373 e. The first-order valence-electron chi connectivity index (χ1n) is 6.54. The highest BCUT2D eigenvalue weighted by Gasteiger charge is 2.40. The Bertz CT molecular complexity index is 653.